The summed E-state index contributed by atoms with van der Waals surface area (Å²) in [5.74, 6) is 1.93. The molecule has 0 bridgehead atoms. The first kappa shape index (κ1) is 17.3. The molecule has 134 valence electrons. The van der Waals surface area contributed by atoms with Gasteiger partial charge in [0.25, 0.3) is 5.56 Å². The second-order valence-electron chi connectivity index (χ2n) is 6.63. The minimum absolute atomic E-state index is 0.113. The van der Waals surface area contributed by atoms with Crippen molar-refractivity contribution in [1.29, 1.82) is 0 Å². The van der Waals surface area contributed by atoms with Gasteiger partial charge in [0.15, 0.2) is 0 Å². The van der Waals surface area contributed by atoms with Crippen molar-refractivity contribution < 1.29 is 4.39 Å². The molecule has 8 heteroatoms. The molecule has 0 atom stereocenters. The molecule has 0 amide bonds. The summed E-state index contributed by atoms with van der Waals surface area (Å²) >= 11 is 0. The van der Waals surface area contributed by atoms with Crippen molar-refractivity contribution in [3.05, 3.63) is 40.3 Å². The lowest BCUT2D eigenvalue weighted by Gasteiger charge is -2.37. The van der Waals surface area contributed by atoms with Gasteiger partial charge in [0.05, 0.1) is 12.9 Å². The number of alkyl halides is 1. The summed E-state index contributed by atoms with van der Waals surface area (Å²) in [7, 11) is 1.66. The van der Waals surface area contributed by atoms with Crippen molar-refractivity contribution in [3.8, 4) is 0 Å². The second kappa shape index (κ2) is 6.78. The van der Waals surface area contributed by atoms with E-state index >= 15 is 4.39 Å². The molecule has 0 unspecified atom stereocenters. The zero-order valence-corrected chi connectivity index (χ0v) is 14.8. The van der Waals surface area contributed by atoms with Crippen molar-refractivity contribution in [3.63, 3.8) is 0 Å². The third-order valence-corrected chi connectivity index (χ3v) is 4.50. The quantitative estimate of drug-likeness (QED) is 0.906. The summed E-state index contributed by atoms with van der Waals surface area (Å²) in [5.41, 5.74) is -0.559. The van der Waals surface area contributed by atoms with Crippen molar-refractivity contribution in [2.45, 2.75) is 32.4 Å². The van der Waals surface area contributed by atoms with Crippen molar-refractivity contribution in [2.75, 3.05) is 29.9 Å². The number of rotatable bonds is 4. The Hall–Kier alpha value is -2.51. The molecule has 1 fully saturated rings. The van der Waals surface area contributed by atoms with Crippen molar-refractivity contribution >= 4 is 11.6 Å². The number of aromatic nitrogens is 4. The van der Waals surface area contributed by atoms with E-state index in [9.17, 15) is 4.79 Å². The summed E-state index contributed by atoms with van der Waals surface area (Å²) < 4.78 is 16.5. The Labute approximate surface area is 145 Å². The molecule has 1 aliphatic heterocycles. The molecular formula is C17H23FN6O. The Morgan fingerprint density at radius 3 is 2.60 bits per heavy atom. The van der Waals surface area contributed by atoms with Gasteiger partial charge in [-0.1, -0.05) is 0 Å². The Morgan fingerprint density at radius 2 is 1.96 bits per heavy atom. The smallest absolute Gasteiger partial charge is 0.255 e. The van der Waals surface area contributed by atoms with Gasteiger partial charge in [-0.3, -0.25) is 4.79 Å². The molecule has 25 heavy (non-hydrogen) atoms. The maximum absolute atomic E-state index is 15.1. The molecule has 3 heterocycles. The van der Waals surface area contributed by atoms with Crippen molar-refractivity contribution in [1.82, 2.24) is 19.5 Å². The monoisotopic (exact) mass is 346 g/mol. The Bertz CT molecular complexity index is 793. The predicted octanol–water partition coefficient (Wildman–Crippen LogP) is 1.61. The average Bonchev–Trinajstić information content (AvgIpc) is 2.56. The Kier molecular flexibility index (Phi) is 4.69. The first-order valence-electron chi connectivity index (χ1n) is 8.37. The van der Waals surface area contributed by atoms with Crippen LogP contribution in [0.3, 0.4) is 0 Å². The number of halogens is 1. The van der Waals surface area contributed by atoms with Crippen LogP contribution in [0.25, 0.3) is 0 Å². The summed E-state index contributed by atoms with van der Waals surface area (Å²) in [4.78, 5) is 26.4. The van der Waals surface area contributed by atoms with Gasteiger partial charge in [0.2, 0.25) is 0 Å². The highest BCUT2D eigenvalue weighted by Gasteiger charge is 2.35. The lowest BCUT2D eigenvalue weighted by Crippen LogP contribution is -2.46. The summed E-state index contributed by atoms with van der Waals surface area (Å²) in [6, 6.07) is 3.31. The lowest BCUT2D eigenvalue weighted by atomic mass is 9.93. The molecule has 1 saturated heterocycles. The third kappa shape index (κ3) is 4.12. The molecule has 2 aromatic rings. The predicted molar refractivity (Wildman–Crippen MR) is 94.8 cm³/mol. The largest absolute Gasteiger partial charge is 0.367 e. The minimum atomic E-state index is -1.30. The molecule has 0 saturated carbocycles. The molecule has 1 N–H and O–H groups in total. The second-order valence-corrected chi connectivity index (χ2v) is 6.63. The van der Waals surface area contributed by atoms with E-state index in [2.05, 4.69) is 20.3 Å². The Morgan fingerprint density at radius 1 is 1.24 bits per heavy atom. The number of aryl methyl sites for hydroxylation is 3. The van der Waals surface area contributed by atoms with Crippen LogP contribution in [0, 0.1) is 13.8 Å². The highest BCUT2D eigenvalue weighted by atomic mass is 19.1. The Balaban J connectivity index is 1.60. The number of nitrogens with one attached hydrogen (secondary N) is 1. The SMILES string of the molecule is Cc1cc(NCC2(F)CCN(c3cc(=O)n(C)cn3)CC2)nc(C)n1. The van der Waals surface area contributed by atoms with E-state index in [1.54, 1.807) is 7.05 Å². The molecule has 0 radical (unpaired) electrons. The normalized spacial score (nSPS) is 16.7. The number of hydrogen-bond acceptors (Lipinski definition) is 6. The van der Waals surface area contributed by atoms with E-state index in [1.165, 1.54) is 17.0 Å². The number of anilines is 2. The number of piperidine rings is 1. The van der Waals surface area contributed by atoms with Crippen LogP contribution in [0.5, 0.6) is 0 Å². The topological polar surface area (TPSA) is 75.9 Å². The van der Waals surface area contributed by atoms with Crippen LogP contribution in [-0.2, 0) is 7.05 Å². The van der Waals surface area contributed by atoms with Gasteiger partial charge in [0.1, 0.15) is 23.1 Å². The van der Waals surface area contributed by atoms with E-state index in [0.29, 0.717) is 43.4 Å². The van der Waals surface area contributed by atoms with Gasteiger partial charge in [0, 0.05) is 50.8 Å². The highest BCUT2D eigenvalue weighted by molar-refractivity contribution is 5.39. The first-order valence-corrected chi connectivity index (χ1v) is 8.37. The van der Waals surface area contributed by atoms with E-state index in [0.717, 1.165) is 5.69 Å². The van der Waals surface area contributed by atoms with E-state index in [-0.39, 0.29) is 12.1 Å². The van der Waals surface area contributed by atoms with Crippen LogP contribution in [-0.4, -0.2) is 44.8 Å². The molecule has 2 aromatic heterocycles. The van der Waals surface area contributed by atoms with E-state index < -0.39 is 5.67 Å². The first-order chi connectivity index (χ1) is 11.8. The van der Waals surface area contributed by atoms with Crippen LogP contribution < -0.4 is 15.8 Å². The molecule has 0 spiro atoms. The highest BCUT2D eigenvalue weighted by Crippen LogP contribution is 2.28. The molecule has 3 rings (SSSR count). The standard InChI is InChI=1S/C17H23FN6O/c1-12-8-14(22-13(2)21-12)19-10-17(18)4-6-24(7-5-17)15-9-16(25)23(3)11-20-15/h8-9,11H,4-7,10H2,1-3H3,(H,19,21,22). The molecule has 1 aliphatic rings. The maximum Gasteiger partial charge on any atom is 0.255 e. The van der Waals surface area contributed by atoms with Gasteiger partial charge in [-0.2, -0.15) is 0 Å². The molecule has 0 aliphatic carbocycles. The fourth-order valence-corrected chi connectivity index (χ4v) is 2.99. The fourth-order valence-electron chi connectivity index (χ4n) is 2.99. The minimum Gasteiger partial charge on any atom is -0.367 e. The summed E-state index contributed by atoms with van der Waals surface area (Å²) in [6.45, 7) is 4.97. The average molecular weight is 346 g/mol. The zero-order valence-electron chi connectivity index (χ0n) is 14.8. The van der Waals surface area contributed by atoms with Crippen LogP contribution >= 0.6 is 0 Å². The van der Waals surface area contributed by atoms with Gasteiger partial charge >= 0.3 is 0 Å². The fraction of sp³-hybridized carbons (Fsp3) is 0.529. The van der Waals surface area contributed by atoms with Crippen molar-refractivity contribution in [2.24, 2.45) is 7.05 Å². The number of nitrogens with zero attached hydrogens (tertiary/aromatic N) is 5. The van der Waals surface area contributed by atoms with E-state index in [1.807, 2.05) is 24.8 Å². The van der Waals surface area contributed by atoms with E-state index in [4.69, 9.17) is 0 Å². The third-order valence-electron chi connectivity index (χ3n) is 4.50. The maximum atomic E-state index is 15.1. The van der Waals surface area contributed by atoms with Crippen LogP contribution in [0.4, 0.5) is 16.0 Å². The molecular weight excluding hydrogens is 323 g/mol. The molecule has 0 aromatic carbocycles. The summed E-state index contributed by atoms with van der Waals surface area (Å²) in [6.07, 6.45) is 2.25. The van der Waals surface area contributed by atoms with Crippen LogP contribution in [0.2, 0.25) is 0 Å². The number of hydrogen-bond donors (Lipinski definition) is 1. The summed E-state index contributed by atoms with van der Waals surface area (Å²) in [5, 5.41) is 3.09. The van der Waals surface area contributed by atoms with Crippen LogP contribution in [0.15, 0.2) is 23.3 Å². The zero-order chi connectivity index (χ0) is 18.0. The van der Waals surface area contributed by atoms with Crippen LogP contribution in [0.1, 0.15) is 24.4 Å². The van der Waals surface area contributed by atoms with Gasteiger partial charge < -0.3 is 14.8 Å². The molecule has 7 nitrogen and oxygen atoms in total. The van der Waals surface area contributed by atoms with Gasteiger partial charge in [-0.05, 0) is 13.8 Å². The van der Waals surface area contributed by atoms with Gasteiger partial charge in [-0.25, -0.2) is 19.3 Å². The van der Waals surface area contributed by atoms with Gasteiger partial charge in [-0.15, -0.1) is 0 Å². The lowest BCUT2D eigenvalue weighted by molar-refractivity contribution is 0.140.